The van der Waals surface area contributed by atoms with Crippen molar-refractivity contribution in [2.45, 2.75) is 43.9 Å². The Labute approximate surface area is 168 Å². The largest absolute Gasteiger partial charge is 0.497 e. The first-order valence-electron chi connectivity index (χ1n) is 10.7. The van der Waals surface area contributed by atoms with Gasteiger partial charge in [0.05, 0.1) is 14.2 Å². The molecule has 6 rings (SSSR count). The molecule has 0 radical (unpaired) electrons. The lowest BCUT2D eigenvalue weighted by molar-refractivity contribution is 0.0463. The first kappa shape index (κ1) is 17.8. The average molecular weight is 375 g/mol. The Hall–Kier alpha value is -2.22. The van der Waals surface area contributed by atoms with Crippen LogP contribution in [-0.4, -0.2) is 14.2 Å². The van der Waals surface area contributed by atoms with Gasteiger partial charge in [-0.05, 0) is 91.7 Å². The van der Waals surface area contributed by atoms with Crippen molar-refractivity contribution in [3.63, 3.8) is 0 Å². The highest BCUT2D eigenvalue weighted by atomic mass is 16.5. The number of methoxy groups -OCH3 is 2. The highest BCUT2D eigenvalue weighted by Crippen LogP contribution is 2.63. The zero-order valence-electron chi connectivity index (χ0n) is 17.0. The minimum atomic E-state index is 0.257. The maximum atomic E-state index is 5.41. The smallest absolute Gasteiger partial charge is 0.118 e. The van der Waals surface area contributed by atoms with Gasteiger partial charge in [-0.25, -0.2) is 0 Å². The van der Waals surface area contributed by atoms with E-state index in [2.05, 4.69) is 54.6 Å². The molecule has 4 fully saturated rings. The van der Waals surface area contributed by atoms with Gasteiger partial charge in [-0.15, -0.1) is 0 Å². The van der Waals surface area contributed by atoms with Crippen molar-refractivity contribution in [1.82, 2.24) is 0 Å². The minimum absolute atomic E-state index is 0.257. The molecule has 28 heavy (non-hydrogen) atoms. The van der Waals surface area contributed by atoms with Gasteiger partial charge in [-0.3, -0.25) is 0 Å². The van der Waals surface area contributed by atoms with E-state index in [9.17, 15) is 0 Å². The molecule has 2 nitrogen and oxygen atoms in total. The summed E-state index contributed by atoms with van der Waals surface area (Å²) < 4.78 is 10.7. The van der Waals surface area contributed by atoms with Crippen molar-refractivity contribution in [2.75, 3.05) is 14.2 Å². The summed E-state index contributed by atoms with van der Waals surface area (Å²) in [6.45, 7) is 0. The van der Waals surface area contributed by atoms with Crippen LogP contribution >= 0.6 is 0 Å². The molecule has 2 atom stereocenters. The van der Waals surface area contributed by atoms with Gasteiger partial charge in [-0.2, -0.15) is 0 Å². The maximum Gasteiger partial charge on any atom is 0.118 e. The third-order valence-electron chi connectivity index (χ3n) is 7.53. The third-order valence-corrected chi connectivity index (χ3v) is 7.53. The first-order valence-corrected chi connectivity index (χ1v) is 10.7. The summed E-state index contributed by atoms with van der Waals surface area (Å²) >= 11 is 0. The van der Waals surface area contributed by atoms with Crippen LogP contribution in [0.1, 0.15) is 43.2 Å². The molecule has 2 unspecified atom stereocenters. The molecule has 4 aliphatic rings. The number of hydrogen-bond donors (Lipinski definition) is 0. The summed E-state index contributed by atoms with van der Waals surface area (Å²) in [6.07, 6.45) is 10.5. The molecule has 0 amide bonds. The van der Waals surface area contributed by atoms with Crippen LogP contribution in [0.2, 0.25) is 0 Å². The van der Waals surface area contributed by atoms with Crippen LogP contribution in [0.15, 0.2) is 60.2 Å². The van der Waals surface area contributed by atoms with E-state index in [-0.39, 0.29) is 5.41 Å². The van der Waals surface area contributed by atoms with Crippen molar-refractivity contribution in [3.8, 4) is 11.5 Å². The molecule has 0 saturated heterocycles. The van der Waals surface area contributed by atoms with Crippen LogP contribution < -0.4 is 9.47 Å². The van der Waals surface area contributed by atoms with Gasteiger partial charge in [0.25, 0.3) is 0 Å². The van der Waals surface area contributed by atoms with E-state index in [1.807, 2.05) is 0 Å². The SMILES string of the molecule is COc1ccc(CC=C2C3CC4CC(C3)CC2(c2ccc(OC)cc2)C4)cc1. The molecular weight excluding hydrogens is 344 g/mol. The van der Waals surface area contributed by atoms with Crippen molar-refractivity contribution >= 4 is 0 Å². The number of allylic oxidation sites excluding steroid dienone is 2. The molecule has 146 valence electrons. The van der Waals surface area contributed by atoms with E-state index >= 15 is 0 Å². The quantitative estimate of drug-likeness (QED) is 0.602. The van der Waals surface area contributed by atoms with Gasteiger partial charge < -0.3 is 9.47 Å². The zero-order valence-corrected chi connectivity index (χ0v) is 17.0. The molecule has 4 bridgehead atoms. The topological polar surface area (TPSA) is 18.5 Å². The predicted octanol–water partition coefficient (Wildman–Crippen LogP) is 5.95. The van der Waals surface area contributed by atoms with Gasteiger partial charge in [0.2, 0.25) is 0 Å². The summed E-state index contributed by atoms with van der Waals surface area (Å²) in [7, 11) is 3.48. The number of hydrogen-bond acceptors (Lipinski definition) is 2. The average Bonchev–Trinajstić information content (AvgIpc) is 2.73. The Morgan fingerprint density at radius 3 is 1.96 bits per heavy atom. The standard InChI is InChI=1S/C26H30O2/c1-27-23-8-3-18(4-9-23)5-12-25-21-14-19-13-20(15-21)17-26(25,16-19)22-6-10-24(28-2)11-7-22/h3-4,6-12,19-21H,5,13-17H2,1-2H3. The molecule has 0 aromatic heterocycles. The van der Waals surface area contributed by atoms with Crippen LogP contribution in [0.25, 0.3) is 0 Å². The zero-order chi connectivity index (χ0) is 19.1. The van der Waals surface area contributed by atoms with Gasteiger partial charge in [0.15, 0.2) is 0 Å². The molecule has 2 aromatic carbocycles. The lowest BCUT2D eigenvalue weighted by Crippen LogP contribution is -2.50. The molecular formula is C26H30O2. The fraction of sp³-hybridized carbons (Fsp3) is 0.462. The number of ether oxygens (including phenoxy) is 2. The Bertz CT molecular complexity index is 848. The van der Waals surface area contributed by atoms with Crippen molar-refractivity contribution in [1.29, 1.82) is 0 Å². The second-order valence-corrected chi connectivity index (χ2v) is 9.07. The molecule has 0 N–H and O–H groups in total. The highest BCUT2D eigenvalue weighted by molar-refractivity contribution is 5.45. The van der Waals surface area contributed by atoms with E-state index < -0.39 is 0 Å². The minimum Gasteiger partial charge on any atom is -0.497 e. The predicted molar refractivity (Wildman–Crippen MR) is 113 cm³/mol. The summed E-state index contributed by atoms with van der Waals surface area (Å²) in [5, 5.41) is 0. The van der Waals surface area contributed by atoms with E-state index in [1.165, 1.54) is 43.2 Å². The monoisotopic (exact) mass is 374 g/mol. The molecule has 4 saturated carbocycles. The van der Waals surface area contributed by atoms with Crippen LogP contribution in [0.5, 0.6) is 11.5 Å². The van der Waals surface area contributed by atoms with Gasteiger partial charge in [0, 0.05) is 5.41 Å². The van der Waals surface area contributed by atoms with Gasteiger partial charge >= 0.3 is 0 Å². The second kappa shape index (κ2) is 6.99. The van der Waals surface area contributed by atoms with Crippen molar-refractivity contribution in [3.05, 3.63) is 71.3 Å². The first-order chi connectivity index (χ1) is 13.7. The molecule has 0 spiro atoms. The maximum absolute atomic E-state index is 5.41. The summed E-state index contributed by atoms with van der Waals surface area (Å²) in [5.74, 6) is 4.50. The van der Waals surface area contributed by atoms with Crippen molar-refractivity contribution < 1.29 is 9.47 Å². The number of rotatable bonds is 5. The molecule has 2 aromatic rings. The van der Waals surface area contributed by atoms with E-state index in [0.29, 0.717) is 0 Å². The fourth-order valence-electron chi connectivity index (χ4n) is 6.51. The van der Waals surface area contributed by atoms with E-state index in [4.69, 9.17) is 9.47 Å². The Morgan fingerprint density at radius 1 is 0.821 bits per heavy atom. The van der Waals surface area contributed by atoms with E-state index in [1.54, 1.807) is 19.8 Å². The van der Waals surface area contributed by atoms with Crippen LogP contribution in [0, 0.1) is 17.8 Å². The fourth-order valence-corrected chi connectivity index (χ4v) is 6.51. The third kappa shape index (κ3) is 2.94. The Balaban J connectivity index is 1.50. The molecule has 4 aliphatic carbocycles. The van der Waals surface area contributed by atoms with Crippen LogP contribution in [0.4, 0.5) is 0 Å². The van der Waals surface area contributed by atoms with E-state index in [0.717, 1.165) is 35.7 Å². The Kier molecular flexibility index (Phi) is 4.45. The normalized spacial score (nSPS) is 31.9. The van der Waals surface area contributed by atoms with Gasteiger partial charge in [0.1, 0.15) is 11.5 Å². The van der Waals surface area contributed by atoms with Crippen LogP contribution in [0.3, 0.4) is 0 Å². The number of benzene rings is 2. The molecule has 2 heteroatoms. The second-order valence-electron chi connectivity index (χ2n) is 9.07. The summed E-state index contributed by atoms with van der Waals surface area (Å²) in [4.78, 5) is 0. The summed E-state index contributed by atoms with van der Waals surface area (Å²) in [5.41, 5.74) is 4.86. The summed E-state index contributed by atoms with van der Waals surface area (Å²) in [6, 6.07) is 17.5. The van der Waals surface area contributed by atoms with Crippen molar-refractivity contribution in [2.24, 2.45) is 17.8 Å². The van der Waals surface area contributed by atoms with Crippen LogP contribution in [-0.2, 0) is 11.8 Å². The highest BCUT2D eigenvalue weighted by Gasteiger charge is 2.54. The molecule has 0 aliphatic heterocycles. The van der Waals surface area contributed by atoms with Gasteiger partial charge in [-0.1, -0.05) is 35.9 Å². The lowest BCUT2D eigenvalue weighted by atomic mass is 9.45. The Morgan fingerprint density at radius 2 is 1.39 bits per heavy atom. The lowest BCUT2D eigenvalue weighted by Gasteiger charge is -2.59. The molecule has 0 heterocycles.